The Morgan fingerprint density at radius 3 is 2.68 bits per heavy atom. The molecule has 5 heteroatoms. The van der Waals surface area contributed by atoms with Crippen LogP contribution in [0.2, 0.25) is 0 Å². The molecule has 0 spiro atoms. The van der Waals surface area contributed by atoms with Crippen molar-refractivity contribution in [3.63, 3.8) is 0 Å². The van der Waals surface area contributed by atoms with Crippen LogP contribution >= 0.6 is 0 Å². The monoisotopic (exact) mass is 302 g/mol. The van der Waals surface area contributed by atoms with Gasteiger partial charge in [-0.05, 0) is 12.3 Å². The minimum absolute atomic E-state index is 0.0296. The molecule has 1 aromatic heterocycles. The van der Waals surface area contributed by atoms with Crippen molar-refractivity contribution >= 4 is 5.91 Å². The summed E-state index contributed by atoms with van der Waals surface area (Å²) in [6.07, 6.45) is 0.725. The second-order valence-electron chi connectivity index (χ2n) is 5.66. The predicted octanol–water partition coefficient (Wildman–Crippen LogP) is 2.41. The van der Waals surface area contributed by atoms with Gasteiger partial charge in [-0.15, -0.1) is 0 Å². The molecule has 1 atom stereocenters. The third kappa shape index (κ3) is 4.43. The lowest BCUT2D eigenvalue weighted by Gasteiger charge is -2.21. The number of hydrogen-bond acceptors (Lipinski definition) is 4. The molecule has 1 unspecified atom stereocenters. The number of aliphatic hydroxyl groups is 1. The van der Waals surface area contributed by atoms with Gasteiger partial charge < -0.3 is 14.9 Å². The second kappa shape index (κ2) is 7.75. The fourth-order valence-electron chi connectivity index (χ4n) is 2.27. The first-order chi connectivity index (χ1) is 10.6. The molecule has 0 aliphatic heterocycles. The third-order valence-electron chi connectivity index (χ3n) is 3.55. The molecule has 0 aliphatic carbocycles. The predicted molar refractivity (Wildman–Crippen MR) is 84.1 cm³/mol. The van der Waals surface area contributed by atoms with Gasteiger partial charge in [-0.3, -0.25) is 4.79 Å². The van der Waals surface area contributed by atoms with Gasteiger partial charge in [0.1, 0.15) is 0 Å². The van der Waals surface area contributed by atoms with E-state index in [1.54, 1.807) is 6.07 Å². The number of rotatable bonds is 7. The Morgan fingerprint density at radius 1 is 1.32 bits per heavy atom. The van der Waals surface area contributed by atoms with Crippen LogP contribution in [0.1, 0.15) is 26.0 Å². The highest BCUT2D eigenvalue weighted by atomic mass is 16.5. The van der Waals surface area contributed by atoms with Crippen LogP contribution in [0.4, 0.5) is 0 Å². The van der Waals surface area contributed by atoms with Gasteiger partial charge in [0.2, 0.25) is 5.91 Å². The SMILES string of the molecule is CC(C)C(CCO)NC(=O)Cc1cc(-c2ccccc2)on1. The molecule has 0 bridgehead atoms. The Balaban J connectivity index is 1.96. The summed E-state index contributed by atoms with van der Waals surface area (Å²) in [6.45, 7) is 4.10. The van der Waals surface area contributed by atoms with E-state index in [9.17, 15) is 4.79 Å². The number of benzene rings is 1. The number of nitrogens with one attached hydrogen (secondary N) is 1. The quantitative estimate of drug-likeness (QED) is 0.823. The molecule has 5 nitrogen and oxygen atoms in total. The molecule has 2 N–H and O–H groups in total. The van der Waals surface area contributed by atoms with E-state index >= 15 is 0 Å². The zero-order valence-corrected chi connectivity index (χ0v) is 13.0. The number of aliphatic hydroxyl groups excluding tert-OH is 1. The van der Waals surface area contributed by atoms with Crippen LogP contribution in [0.5, 0.6) is 0 Å². The summed E-state index contributed by atoms with van der Waals surface area (Å²) in [5.74, 6) is 0.813. The minimum Gasteiger partial charge on any atom is -0.396 e. The van der Waals surface area contributed by atoms with Crippen LogP contribution in [0.25, 0.3) is 11.3 Å². The lowest BCUT2D eigenvalue weighted by atomic mass is 10.0. The molecular weight excluding hydrogens is 280 g/mol. The van der Waals surface area contributed by atoms with E-state index in [1.165, 1.54) is 0 Å². The number of amides is 1. The normalized spacial score (nSPS) is 12.4. The van der Waals surface area contributed by atoms with Crippen molar-refractivity contribution in [2.75, 3.05) is 6.61 Å². The van der Waals surface area contributed by atoms with Crippen LogP contribution in [-0.4, -0.2) is 28.8 Å². The Hall–Kier alpha value is -2.14. The Labute approximate surface area is 130 Å². The van der Waals surface area contributed by atoms with Crippen molar-refractivity contribution in [1.29, 1.82) is 0 Å². The van der Waals surface area contributed by atoms with E-state index in [1.807, 2.05) is 44.2 Å². The van der Waals surface area contributed by atoms with Gasteiger partial charge in [0.15, 0.2) is 5.76 Å². The van der Waals surface area contributed by atoms with Gasteiger partial charge in [-0.2, -0.15) is 0 Å². The van der Waals surface area contributed by atoms with Crippen molar-refractivity contribution in [2.24, 2.45) is 5.92 Å². The molecule has 0 aliphatic rings. The smallest absolute Gasteiger partial charge is 0.226 e. The summed E-state index contributed by atoms with van der Waals surface area (Å²) in [7, 11) is 0. The van der Waals surface area contributed by atoms with Crippen molar-refractivity contribution in [3.05, 3.63) is 42.1 Å². The number of carbonyl (C=O) groups excluding carboxylic acids is 1. The molecular formula is C17H22N2O3. The van der Waals surface area contributed by atoms with Crippen LogP contribution in [-0.2, 0) is 11.2 Å². The zero-order valence-electron chi connectivity index (χ0n) is 13.0. The third-order valence-corrected chi connectivity index (χ3v) is 3.55. The molecule has 2 rings (SSSR count). The van der Waals surface area contributed by atoms with Gasteiger partial charge in [0.25, 0.3) is 0 Å². The molecule has 0 radical (unpaired) electrons. The largest absolute Gasteiger partial charge is 0.396 e. The van der Waals surface area contributed by atoms with Crippen LogP contribution in [0.15, 0.2) is 40.9 Å². The van der Waals surface area contributed by atoms with Crippen LogP contribution in [0, 0.1) is 5.92 Å². The maximum atomic E-state index is 12.1. The fraction of sp³-hybridized carbons (Fsp3) is 0.412. The van der Waals surface area contributed by atoms with Gasteiger partial charge in [0, 0.05) is 24.3 Å². The molecule has 0 saturated heterocycles. The van der Waals surface area contributed by atoms with Gasteiger partial charge in [-0.25, -0.2) is 0 Å². The lowest BCUT2D eigenvalue weighted by Crippen LogP contribution is -2.40. The average molecular weight is 302 g/mol. The zero-order chi connectivity index (χ0) is 15.9. The summed E-state index contributed by atoms with van der Waals surface area (Å²) in [5, 5.41) is 15.9. The average Bonchev–Trinajstić information content (AvgIpc) is 2.96. The van der Waals surface area contributed by atoms with Gasteiger partial charge in [-0.1, -0.05) is 49.3 Å². The van der Waals surface area contributed by atoms with Crippen molar-refractivity contribution in [1.82, 2.24) is 10.5 Å². The first-order valence-corrected chi connectivity index (χ1v) is 7.51. The first kappa shape index (κ1) is 16.2. The minimum atomic E-state index is -0.111. The molecule has 2 aromatic rings. The molecule has 1 heterocycles. The topological polar surface area (TPSA) is 75.4 Å². The summed E-state index contributed by atoms with van der Waals surface area (Å²) in [5.41, 5.74) is 1.53. The Bertz CT molecular complexity index is 593. The fourth-order valence-corrected chi connectivity index (χ4v) is 2.27. The Morgan fingerprint density at radius 2 is 2.05 bits per heavy atom. The maximum absolute atomic E-state index is 12.1. The summed E-state index contributed by atoms with van der Waals surface area (Å²) in [6, 6.07) is 11.4. The number of nitrogens with zero attached hydrogens (tertiary/aromatic N) is 1. The highest BCUT2D eigenvalue weighted by Crippen LogP contribution is 2.19. The van der Waals surface area contributed by atoms with Crippen LogP contribution < -0.4 is 5.32 Å². The maximum Gasteiger partial charge on any atom is 0.226 e. The van der Waals surface area contributed by atoms with Crippen molar-refractivity contribution in [3.8, 4) is 11.3 Å². The molecule has 1 amide bonds. The van der Waals surface area contributed by atoms with Crippen LogP contribution in [0.3, 0.4) is 0 Å². The summed E-state index contributed by atoms with van der Waals surface area (Å²) < 4.78 is 5.28. The molecule has 0 saturated carbocycles. The summed E-state index contributed by atoms with van der Waals surface area (Å²) in [4.78, 5) is 12.1. The second-order valence-corrected chi connectivity index (χ2v) is 5.66. The van der Waals surface area contributed by atoms with E-state index in [2.05, 4.69) is 10.5 Å². The molecule has 1 aromatic carbocycles. The molecule has 0 fully saturated rings. The van der Waals surface area contributed by atoms with Gasteiger partial charge >= 0.3 is 0 Å². The molecule has 22 heavy (non-hydrogen) atoms. The van der Waals surface area contributed by atoms with Gasteiger partial charge in [0.05, 0.1) is 12.1 Å². The van der Waals surface area contributed by atoms with E-state index in [4.69, 9.17) is 9.63 Å². The van der Waals surface area contributed by atoms with E-state index in [0.717, 1.165) is 5.56 Å². The highest BCUT2D eigenvalue weighted by Gasteiger charge is 2.17. The van der Waals surface area contributed by atoms with Crippen molar-refractivity contribution in [2.45, 2.75) is 32.7 Å². The highest BCUT2D eigenvalue weighted by molar-refractivity contribution is 5.78. The standard InChI is InChI=1S/C17H22N2O3/c1-12(2)15(8-9-20)18-17(21)11-14-10-16(22-19-14)13-6-4-3-5-7-13/h3-7,10,12,15,20H,8-9,11H2,1-2H3,(H,18,21). The molecule has 118 valence electrons. The summed E-state index contributed by atoms with van der Waals surface area (Å²) >= 11 is 0. The Kier molecular flexibility index (Phi) is 5.72. The van der Waals surface area contributed by atoms with E-state index in [0.29, 0.717) is 17.9 Å². The van der Waals surface area contributed by atoms with E-state index in [-0.39, 0.29) is 30.9 Å². The first-order valence-electron chi connectivity index (χ1n) is 7.51. The number of hydrogen-bond donors (Lipinski definition) is 2. The van der Waals surface area contributed by atoms with E-state index < -0.39 is 0 Å². The van der Waals surface area contributed by atoms with Crippen molar-refractivity contribution < 1.29 is 14.4 Å². The number of carbonyl (C=O) groups is 1. The number of aromatic nitrogens is 1. The lowest BCUT2D eigenvalue weighted by molar-refractivity contribution is -0.121.